The number of carbonyl (C=O) groups excluding carboxylic acids is 1. The number of nitrogens with one attached hydrogen (secondary N) is 1. The Morgan fingerprint density at radius 2 is 1.81 bits per heavy atom. The number of carbonyl (C=O) groups is 1. The SMILES string of the molecule is CCCC(=O)NCc1cc(F)c(F)c(F)c1. The van der Waals surface area contributed by atoms with Crippen LogP contribution in [0.4, 0.5) is 13.2 Å². The third-order valence-electron chi connectivity index (χ3n) is 2.01. The molecule has 0 atom stereocenters. The van der Waals surface area contributed by atoms with Crippen molar-refractivity contribution in [1.29, 1.82) is 0 Å². The minimum absolute atomic E-state index is 0.00699. The Balaban J connectivity index is 2.65. The average molecular weight is 231 g/mol. The topological polar surface area (TPSA) is 29.1 Å². The van der Waals surface area contributed by atoms with Gasteiger partial charge in [0.2, 0.25) is 5.91 Å². The van der Waals surface area contributed by atoms with Crippen LogP contribution in [0.25, 0.3) is 0 Å². The highest BCUT2D eigenvalue weighted by atomic mass is 19.2. The van der Waals surface area contributed by atoms with Gasteiger partial charge >= 0.3 is 0 Å². The molecular formula is C11H12F3NO. The Morgan fingerprint density at radius 3 is 2.31 bits per heavy atom. The Labute approximate surface area is 91.5 Å². The fourth-order valence-electron chi connectivity index (χ4n) is 1.23. The maximum atomic E-state index is 12.8. The first kappa shape index (κ1) is 12.5. The Hall–Kier alpha value is -1.52. The largest absolute Gasteiger partial charge is 0.352 e. The second-order valence-corrected chi connectivity index (χ2v) is 3.40. The number of amides is 1. The van der Waals surface area contributed by atoms with Crippen molar-refractivity contribution in [2.24, 2.45) is 0 Å². The minimum Gasteiger partial charge on any atom is -0.352 e. The number of benzene rings is 1. The van der Waals surface area contributed by atoms with Crippen molar-refractivity contribution in [2.75, 3.05) is 0 Å². The lowest BCUT2D eigenvalue weighted by Crippen LogP contribution is -2.22. The summed E-state index contributed by atoms with van der Waals surface area (Å²) in [5, 5.41) is 2.48. The number of halogens is 3. The highest BCUT2D eigenvalue weighted by Gasteiger charge is 2.10. The molecule has 0 bridgehead atoms. The maximum absolute atomic E-state index is 12.8. The molecule has 5 heteroatoms. The van der Waals surface area contributed by atoms with Crippen LogP contribution in [-0.4, -0.2) is 5.91 Å². The van der Waals surface area contributed by atoms with Crippen LogP contribution in [0.3, 0.4) is 0 Å². The van der Waals surface area contributed by atoms with E-state index in [1.165, 1.54) is 0 Å². The molecule has 0 radical (unpaired) electrons. The zero-order valence-corrected chi connectivity index (χ0v) is 8.82. The molecule has 0 saturated carbocycles. The summed E-state index contributed by atoms with van der Waals surface area (Å²) < 4.78 is 38.2. The van der Waals surface area contributed by atoms with Gasteiger partial charge in [0.25, 0.3) is 0 Å². The quantitative estimate of drug-likeness (QED) is 0.792. The molecule has 0 aromatic heterocycles. The molecule has 1 N–H and O–H groups in total. The monoisotopic (exact) mass is 231 g/mol. The number of hydrogen-bond acceptors (Lipinski definition) is 1. The van der Waals surface area contributed by atoms with Crippen molar-refractivity contribution in [3.8, 4) is 0 Å². The van der Waals surface area contributed by atoms with E-state index in [9.17, 15) is 18.0 Å². The fraction of sp³-hybridized carbons (Fsp3) is 0.364. The van der Waals surface area contributed by atoms with Crippen LogP contribution in [0.2, 0.25) is 0 Å². The lowest BCUT2D eigenvalue weighted by molar-refractivity contribution is -0.121. The second kappa shape index (κ2) is 5.53. The van der Waals surface area contributed by atoms with Gasteiger partial charge in [0.1, 0.15) is 0 Å². The van der Waals surface area contributed by atoms with E-state index in [0.717, 1.165) is 12.1 Å². The van der Waals surface area contributed by atoms with Gasteiger partial charge in [-0.3, -0.25) is 4.79 Å². The van der Waals surface area contributed by atoms with Crippen molar-refractivity contribution in [3.05, 3.63) is 35.1 Å². The number of rotatable bonds is 4. The molecule has 16 heavy (non-hydrogen) atoms. The van der Waals surface area contributed by atoms with E-state index in [1.807, 2.05) is 6.92 Å². The van der Waals surface area contributed by atoms with Gasteiger partial charge < -0.3 is 5.32 Å². The van der Waals surface area contributed by atoms with Crippen molar-refractivity contribution in [3.63, 3.8) is 0 Å². The molecule has 88 valence electrons. The van der Waals surface area contributed by atoms with Crippen LogP contribution in [0.1, 0.15) is 25.3 Å². The van der Waals surface area contributed by atoms with Gasteiger partial charge in [-0.2, -0.15) is 0 Å². The molecule has 0 unspecified atom stereocenters. The molecule has 1 amide bonds. The van der Waals surface area contributed by atoms with E-state index in [1.54, 1.807) is 0 Å². The van der Waals surface area contributed by atoms with Crippen molar-refractivity contribution in [2.45, 2.75) is 26.3 Å². The van der Waals surface area contributed by atoms with Crippen LogP contribution in [0.5, 0.6) is 0 Å². The molecule has 1 rings (SSSR count). The predicted molar refractivity (Wildman–Crippen MR) is 53.1 cm³/mol. The molecule has 0 aliphatic rings. The zero-order valence-electron chi connectivity index (χ0n) is 8.82. The van der Waals surface area contributed by atoms with Gasteiger partial charge in [0.05, 0.1) is 0 Å². The van der Waals surface area contributed by atoms with E-state index in [-0.39, 0.29) is 18.0 Å². The lowest BCUT2D eigenvalue weighted by Gasteiger charge is -2.05. The lowest BCUT2D eigenvalue weighted by atomic mass is 10.2. The predicted octanol–water partition coefficient (Wildman–Crippen LogP) is 2.52. The summed E-state index contributed by atoms with van der Waals surface area (Å²) in [5.41, 5.74) is 0.195. The van der Waals surface area contributed by atoms with E-state index in [4.69, 9.17) is 0 Å². The summed E-state index contributed by atoms with van der Waals surface area (Å²) in [5.74, 6) is -4.20. The van der Waals surface area contributed by atoms with Gasteiger partial charge in [0, 0.05) is 13.0 Å². The van der Waals surface area contributed by atoms with E-state index in [2.05, 4.69) is 5.32 Å². The van der Waals surface area contributed by atoms with Crippen LogP contribution >= 0.6 is 0 Å². The van der Waals surface area contributed by atoms with Crippen molar-refractivity contribution < 1.29 is 18.0 Å². The highest BCUT2D eigenvalue weighted by molar-refractivity contribution is 5.75. The summed E-state index contributed by atoms with van der Waals surface area (Å²) in [6.45, 7) is 1.84. The Bertz CT molecular complexity index is 370. The van der Waals surface area contributed by atoms with Crippen molar-refractivity contribution in [1.82, 2.24) is 5.32 Å². The number of hydrogen-bond donors (Lipinski definition) is 1. The standard InChI is InChI=1S/C11H12F3NO/c1-2-3-10(16)15-6-7-4-8(12)11(14)9(13)5-7/h4-5H,2-3,6H2,1H3,(H,15,16). The molecule has 0 spiro atoms. The Kier molecular flexibility index (Phi) is 4.34. The molecule has 1 aromatic rings. The zero-order chi connectivity index (χ0) is 12.1. The van der Waals surface area contributed by atoms with Gasteiger partial charge in [-0.1, -0.05) is 6.92 Å². The summed E-state index contributed by atoms with van der Waals surface area (Å²) in [6, 6.07) is 1.73. The molecule has 0 heterocycles. The smallest absolute Gasteiger partial charge is 0.220 e. The van der Waals surface area contributed by atoms with Gasteiger partial charge in [-0.05, 0) is 24.1 Å². The second-order valence-electron chi connectivity index (χ2n) is 3.40. The van der Waals surface area contributed by atoms with Crippen LogP contribution in [0, 0.1) is 17.5 Å². The maximum Gasteiger partial charge on any atom is 0.220 e. The fourth-order valence-corrected chi connectivity index (χ4v) is 1.23. The normalized spacial score (nSPS) is 10.2. The summed E-state index contributed by atoms with van der Waals surface area (Å²) in [4.78, 5) is 11.1. The first-order valence-corrected chi connectivity index (χ1v) is 4.94. The van der Waals surface area contributed by atoms with E-state index >= 15 is 0 Å². The van der Waals surface area contributed by atoms with Gasteiger partial charge in [-0.25, -0.2) is 13.2 Å². The van der Waals surface area contributed by atoms with Gasteiger partial charge in [-0.15, -0.1) is 0 Å². The molecule has 0 aliphatic heterocycles. The van der Waals surface area contributed by atoms with Crippen LogP contribution in [-0.2, 0) is 11.3 Å². The van der Waals surface area contributed by atoms with Crippen molar-refractivity contribution >= 4 is 5.91 Å². The third-order valence-corrected chi connectivity index (χ3v) is 2.01. The van der Waals surface area contributed by atoms with Crippen LogP contribution in [0.15, 0.2) is 12.1 Å². The molecule has 2 nitrogen and oxygen atoms in total. The minimum atomic E-state index is -1.50. The Morgan fingerprint density at radius 1 is 1.25 bits per heavy atom. The van der Waals surface area contributed by atoms with E-state index < -0.39 is 17.5 Å². The summed E-state index contributed by atoms with van der Waals surface area (Å²) in [6.07, 6.45) is 1.05. The molecule has 0 fully saturated rings. The average Bonchev–Trinajstić information content (AvgIpc) is 2.23. The van der Waals surface area contributed by atoms with E-state index in [0.29, 0.717) is 12.8 Å². The van der Waals surface area contributed by atoms with Gasteiger partial charge in [0.15, 0.2) is 17.5 Å². The highest BCUT2D eigenvalue weighted by Crippen LogP contribution is 2.13. The van der Waals surface area contributed by atoms with Crippen LogP contribution < -0.4 is 5.32 Å². The molecular weight excluding hydrogens is 219 g/mol. The molecule has 0 aliphatic carbocycles. The first-order valence-electron chi connectivity index (χ1n) is 4.94. The third kappa shape index (κ3) is 3.25. The first-order chi connectivity index (χ1) is 7.54. The molecule has 0 saturated heterocycles. The molecule has 1 aromatic carbocycles. The summed E-state index contributed by atoms with van der Waals surface area (Å²) in [7, 11) is 0. The summed E-state index contributed by atoms with van der Waals surface area (Å²) >= 11 is 0.